The van der Waals surface area contributed by atoms with Crippen molar-refractivity contribution in [1.29, 1.82) is 5.26 Å². The van der Waals surface area contributed by atoms with Gasteiger partial charge >= 0.3 is 0 Å². The van der Waals surface area contributed by atoms with Crippen LogP contribution >= 0.6 is 11.3 Å². The fraction of sp³-hybridized carbons (Fsp3) is 0.571. The SMILES string of the molecule is CCCC(NC(=O)C(C#N)C(C)C)c1cccs1. The number of rotatable bonds is 6. The molecule has 1 N–H and O–H groups in total. The van der Waals surface area contributed by atoms with Crippen molar-refractivity contribution < 1.29 is 4.79 Å². The van der Waals surface area contributed by atoms with Crippen molar-refractivity contribution in [3.63, 3.8) is 0 Å². The van der Waals surface area contributed by atoms with Gasteiger partial charge in [0.05, 0.1) is 12.1 Å². The van der Waals surface area contributed by atoms with Crippen molar-refractivity contribution in [2.45, 2.75) is 39.7 Å². The Morgan fingerprint density at radius 1 is 1.56 bits per heavy atom. The average molecular weight is 264 g/mol. The lowest BCUT2D eigenvalue weighted by atomic mass is 9.96. The molecular weight excluding hydrogens is 244 g/mol. The normalized spacial score (nSPS) is 13.9. The van der Waals surface area contributed by atoms with Gasteiger partial charge in [-0.3, -0.25) is 4.79 Å². The van der Waals surface area contributed by atoms with Gasteiger partial charge in [-0.05, 0) is 23.8 Å². The van der Waals surface area contributed by atoms with E-state index in [0.29, 0.717) is 0 Å². The van der Waals surface area contributed by atoms with Gasteiger partial charge in [-0.1, -0.05) is 33.3 Å². The number of nitrogens with one attached hydrogen (secondary N) is 1. The molecule has 0 aliphatic carbocycles. The van der Waals surface area contributed by atoms with Gasteiger partial charge in [-0.25, -0.2) is 0 Å². The van der Waals surface area contributed by atoms with Gasteiger partial charge in [0, 0.05) is 4.88 Å². The standard InChI is InChI=1S/C14H20N2OS/c1-4-6-12(13-7-5-8-18-13)16-14(17)11(9-15)10(2)3/h5,7-8,10-12H,4,6H2,1-3H3,(H,16,17). The zero-order valence-electron chi connectivity index (χ0n) is 11.1. The number of hydrogen-bond donors (Lipinski definition) is 1. The first-order chi connectivity index (χ1) is 8.60. The molecule has 3 nitrogen and oxygen atoms in total. The number of amides is 1. The second-order valence-corrected chi connectivity index (χ2v) is 5.70. The Balaban J connectivity index is 2.73. The Hall–Kier alpha value is -1.34. The van der Waals surface area contributed by atoms with Crippen LogP contribution in [0.2, 0.25) is 0 Å². The second-order valence-electron chi connectivity index (χ2n) is 4.72. The maximum atomic E-state index is 12.1. The lowest BCUT2D eigenvalue weighted by molar-refractivity contribution is -0.125. The van der Waals surface area contributed by atoms with E-state index in [9.17, 15) is 4.79 Å². The van der Waals surface area contributed by atoms with E-state index in [2.05, 4.69) is 18.3 Å². The summed E-state index contributed by atoms with van der Waals surface area (Å²) in [5.74, 6) is -0.677. The number of hydrogen-bond acceptors (Lipinski definition) is 3. The van der Waals surface area contributed by atoms with Crippen LogP contribution in [0.15, 0.2) is 17.5 Å². The Kier molecular flexibility index (Phi) is 5.87. The summed E-state index contributed by atoms with van der Waals surface area (Å²) >= 11 is 1.64. The molecule has 0 bridgehead atoms. The molecular formula is C14H20N2OS. The third-order valence-electron chi connectivity index (χ3n) is 2.87. The summed E-state index contributed by atoms with van der Waals surface area (Å²) < 4.78 is 0. The van der Waals surface area contributed by atoms with Crippen molar-refractivity contribution in [3.8, 4) is 6.07 Å². The topological polar surface area (TPSA) is 52.9 Å². The van der Waals surface area contributed by atoms with Crippen LogP contribution < -0.4 is 5.32 Å². The molecule has 1 aromatic heterocycles. The van der Waals surface area contributed by atoms with Crippen LogP contribution in [0, 0.1) is 23.2 Å². The molecule has 0 saturated carbocycles. The minimum Gasteiger partial charge on any atom is -0.347 e. The molecule has 98 valence electrons. The summed E-state index contributed by atoms with van der Waals surface area (Å²) in [5.41, 5.74) is 0. The Morgan fingerprint density at radius 3 is 2.72 bits per heavy atom. The van der Waals surface area contributed by atoms with E-state index in [4.69, 9.17) is 5.26 Å². The van der Waals surface area contributed by atoms with Crippen molar-refractivity contribution >= 4 is 17.2 Å². The zero-order valence-corrected chi connectivity index (χ0v) is 12.0. The van der Waals surface area contributed by atoms with Gasteiger partial charge in [-0.15, -0.1) is 11.3 Å². The first-order valence-corrected chi connectivity index (χ1v) is 7.21. The molecule has 0 spiro atoms. The molecule has 1 aromatic rings. The van der Waals surface area contributed by atoms with Crippen LogP contribution in [-0.2, 0) is 4.79 Å². The van der Waals surface area contributed by atoms with E-state index in [1.807, 2.05) is 31.4 Å². The van der Waals surface area contributed by atoms with E-state index in [1.54, 1.807) is 11.3 Å². The summed E-state index contributed by atoms with van der Waals surface area (Å²) in [5, 5.41) is 14.0. The summed E-state index contributed by atoms with van der Waals surface area (Å²) in [6.07, 6.45) is 1.91. The molecule has 0 radical (unpaired) electrons. The third-order valence-corrected chi connectivity index (χ3v) is 3.85. The molecule has 4 heteroatoms. The highest BCUT2D eigenvalue weighted by atomic mass is 32.1. The van der Waals surface area contributed by atoms with Gasteiger partial charge in [0.25, 0.3) is 0 Å². The maximum Gasteiger partial charge on any atom is 0.238 e. The summed E-state index contributed by atoms with van der Waals surface area (Å²) in [7, 11) is 0. The first kappa shape index (κ1) is 14.7. The molecule has 2 atom stereocenters. The van der Waals surface area contributed by atoms with Crippen LogP contribution in [0.5, 0.6) is 0 Å². The van der Waals surface area contributed by atoms with Crippen LogP contribution in [-0.4, -0.2) is 5.91 Å². The highest BCUT2D eigenvalue weighted by Gasteiger charge is 2.24. The van der Waals surface area contributed by atoms with Crippen LogP contribution in [0.4, 0.5) is 0 Å². The molecule has 2 unspecified atom stereocenters. The fourth-order valence-electron chi connectivity index (χ4n) is 1.84. The number of nitrogens with zero attached hydrogens (tertiary/aromatic N) is 1. The van der Waals surface area contributed by atoms with E-state index in [0.717, 1.165) is 17.7 Å². The van der Waals surface area contributed by atoms with Gasteiger partial charge in [-0.2, -0.15) is 5.26 Å². The van der Waals surface area contributed by atoms with Crippen molar-refractivity contribution in [2.24, 2.45) is 11.8 Å². The molecule has 18 heavy (non-hydrogen) atoms. The van der Waals surface area contributed by atoms with E-state index >= 15 is 0 Å². The third kappa shape index (κ3) is 3.85. The number of carbonyl (C=O) groups is 1. The molecule has 0 fully saturated rings. The summed E-state index contributed by atoms with van der Waals surface area (Å²) in [6.45, 7) is 5.89. The summed E-state index contributed by atoms with van der Waals surface area (Å²) in [4.78, 5) is 13.2. The zero-order chi connectivity index (χ0) is 13.5. The molecule has 0 saturated heterocycles. The monoisotopic (exact) mass is 264 g/mol. The highest BCUT2D eigenvalue weighted by Crippen LogP contribution is 2.24. The fourth-order valence-corrected chi connectivity index (χ4v) is 2.65. The van der Waals surface area contributed by atoms with Gasteiger partial charge in [0.2, 0.25) is 5.91 Å². The van der Waals surface area contributed by atoms with Gasteiger partial charge in [0.15, 0.2) is 0 Å². The van der Waals surface area contributed by atoms with Crippen molar-refractivity contribution in [3.05, 3.63) is 22.4 Å². The van der Waals surface area contributed by atoms with E-state index in [1.165, 1.54) is 0 Å². The average Bonchev–Trinajstić information content (AvgIpc) is 2.82. The lowest BCUT2D eigenvalue weighted by Gasteiger charge is -2.20. The minimum absolute atomic E-state index is 0.0390. The Morgan fingerprint density at radius 2 is 2.28 bits per heavy atom. The second kappa shape index (κ2) is 7.17. The highest BCUT2D eigenvalue weighted by molar-refractivity contribution is 7.10. The van der Waals surface area contributed by atoms with E-state index < -0.39 is 5.92 Å². The lowest BCUT2D eigenvalue weighted by Crippen LogP contribution is -2.35. The number of carbonyl (C=O) groups excluding carboxylic acids is 1. The molecule has 0 aliphatic rings. The molecule has 1 rings (SSSR count). The molecule has 0 aromatic carbocycles. The summed E-state index contributed by atoms with van der Waals surface area (Å²) in [6, 6.07) is 6.14. The quantitative estimate of drug-likeness (QED) is 0.855. The van der Waals surface area contributed by atoms with Crippen LogP contribution in [0.3, 0.4) is 0 Å². The number of nitriles is 1. The first-order valence-electron chi connectivity index (χ1n) is 6.33. The largest absolute Gasteiger partial charge is 0.347 e. The maximum absolute atomic E-state index is 12.1. The van der Waals surface area contributed by atoms with Crippen molar-refractivity contribution in [1.82, 2.24) is 5.32 Å². The van der Waals surface area contributed by atoms with Gasteiger partial charge < -0.3 is 5.32 Å². The smallest absolute Gasteiger partial charge is 0.238 e. The van der Waals surface area contributed by atoms with Crippen molar-refractivity contribution in [2.75, 3.05) is 0 Å². The molecule has 1 heterocycles. The predicted octanol–water partition coefficient (Wildman–Crippen LogP) is 3.50. The molecule has 0 aliphatic heterocycles. The van der Waals surface area contributed by atoms with E-state index in [-0.39, 0.29) is 17.9 Å². The van der Waals surface area contributed by atoms with Crippen LogP contribution in [0.1, 0.15) is 44.5 Å². The molecule has 1 amide bonds. The van der Waals surface area contributed by atoms with Crippen LogP contribution in [0.25, 0.3) is 0 Å². The Labute approximate surface area is 113 Å². The minimum atomic E-state index is -0.565. The number of thiophene rings is 1. The predicted molar refractivity (Wildman–Crippen MR) is 74.1 cm³/mol. The van der Waals surface area contributed by atoms with Gasteiger partial charge in [0.1, 0.15) is 5.92 Å². The Bertz CT molecular complexity index is 406.